The molecule has 106 valence electrons. The molecule has 2 fully saturated rings. The van der Waals surface area contributed by atoms with Gasteiger partial charge in [-0.05, 0) is 6.07 Å². The van der Waals surface area contributed by atoms with Gasteiger partial charge in [-0.2, -0.15) is 0 Å². The first kappa shape index (κ1) is 14.1. The highest BCUT2D eigenvalue weighted by Crippen LogP contribution is 2.34. The summed E-state index contributed by atoms with van der Waals surface area (Å²) in [6, 6.07) is 1.96. The average molecular weight is 265 g/mol. The maximum Gasteiger partial charge on any atom is 0.171 e. The molecule has 2 aliphatic rings. The highest BCUT2D eigenvalue weighted by atomic mass is 16.7. The minimum absolute atomic E-state index is 0.321. The monoisotopic (exact) mass is 265 g/mol. The Balaban J connectivity index is 0.000000637. The number of nitrogens with zero attached hydrogens (tertiary/aromatic N) is 2. The van der Waals surface area contributed by atoms with E-state index in [1.807, 2.05) is 19.9 Å². The van der Waals surface area contributed by atoms with E-state index in [9.17, 15) is 0 Å². The molecule has 1 aromatic rings. The van der Waals surface area contributed by atoms with Crippen molar-refractivity contribution in [2.75, 3.05) is 36.9 Å². The molecule has 0 aliphatic carbocycles. The first-order valence-electron chi connectivity index (χ1n) is 7.01. The summed E-state index contributed by atoms with van der Waals surface area (Å²) >= 11 is 0. The van der Waals surface area contributed by atoms with Crippen LogP contribution < -0.4 is 10.6 Å². The zero-order valence-electron chi connectivity index (χ0n) is 11.8. The Bertz CT molecular complexity index is 395. The second kappa shape index (κ2) is 6.21. The number of rotatable bonds is 1. The minimum Gasteiger partial charge on any atom is -0.396 e. The number of hydrogen-bond acceptors (Lipinski definition) is 5. The summed E-state index contributed by atoms with van der Waals surface area (Å²) in [7, 11) is 0. The lowest BCUT2D eigenvalue weighted by Gasteiger charge is -2.38. The van der Waals surface area contributed by atoms with E-state index in [0.717, 1.165) is 50.5 Å². The third-order valence-corrected chi connectivity index (χ3v) is 3.51. The molecule has 1 aromatic heterocycles. The Morgan fingerprint density at radius 2 is 1.84 bits per heavy atom. The van der Waals surface area contributed by atoms with E-state index in [-0.39, 0.29) is 5.79 Å². The number of aromatic nitrogens is 1. The van der Waals surface area contributed by atoms with Crippen molar-refractivity contribution < 1.29 is 9.47 Å². The summed E-state index contributed by atoms with van der Waals surface area (Å²) < 4.78 is 11.4. The van der Waals surface area contributed by atoms with Gasteiger partial charge in [-0.3, -0.25) is 4.98 Å². The van der Waals surface area contributed by atoms with Gasteiger partial charge >= 0.3 is 0 Å². The number of pyridine rings is 1. The van der Waals surface area contributed by atoms with Crippen molar-refractivity contribution in [3.8, 4) is 0 Å². The lowest BCUT2D eigenvalue weighted by atomic mass is 10.0. The zero-order valence-corrected chi connectivity index (χ0v) is 11.8. The number of nitrogens with two attached hydrogens (primary N) is 1. The Labute approximate surface area is 114 Å². The minimum atomic E-state index is -0.321. The summed E-state index contributed by atoms with van der Waals surface area (Å²) in [5.74, 6) is -0.321. The summed E-state index contributed by atoms with van der Waals surface area (Å²) in [4.78, 5) is 6.28. The molecule has 0 amide bonds. The highest BCUT2D eigenvalue weighted by Gasteiger charge is 2.39. The van der Waals surface area contributed by atoms with Crippen molar-refractivity contribution in [2.45, 2.75) is 32.5 Å². The molecule has 19 heavy (non-hydrogen) atoms. The molecule has 5 heteroatoms. The van der Waals surface area contributed by atoms with Crippen LogP contribution in [0.5, 0.6) is 0 Å². The Morgan fingerprint density at radius 3 is 2.42 bits per heavy atom. The van der Waals surface area contributed by atoms with Crippen LogP contribution in [0.25, 0.3) is 0 Å². The summed E-state index contributed by atoms with van der Waals surface area (Å²) in [6.07, 6.45) is 5.27. The molecule has 0 atom stereocenters. The normalized spacial score (nSPS) is 21.1. The SMILES string of the molecule is CC.Nc1cnccc1N1CCC2(CC1)OCCO2. The van der Waals surface area contributed by atoms with E-state index >= 15 is 0 Å². The molecule has 5 nitrogen and oxygen atoms in total. The van der Waals surface area contributed by atoms with Crippen molar-refractivity contribution in [3.63, 3.8) is 0 Å². The van der Waals surface area contributed by atoms with Gasteiger partial charge in [0, 0.05) is 32.1 Å². The molecule has 0 bridgehead atoms. The zero-order chi connectivity index (χ0) is 13.7. The molecule has 2 aliphatic heterocycles. The van der Waals surface area contributed by atoms with Gasteiger partial charge in [0.05, 0.1) is 30.8 Å². The van der Waals surface area contributed by atoms with Crippen molar-refractivity contribution in [2.24, 2.45) is 0 Å². The summed E-state index contributed by atoms with van der Waals surface area (Å²) in [5, 5.41) is 0. The summed E-state index contributed by atoms with van der Waals surface area (Å²) in [5.41, 5.74) is 7.73. The maximum absolute atomic E-state index is 5.93. The fourth-order valence-corrected chi connectivity index (χ4v) is 2.56. The van der Waals surface area contributed by atoms with Gasteiger partial charge in [0.25, 0.3) is 0 Å². The Hall–Kier alpha value is -1.33. The van der Waals surface area contributed by atoms with E-state index < -0.39 is 0 Å². The number of hydrogen-bond donors (Lipinski definition) is 1. The van der Waals surface area contributed by atoms with E-state index in [2.05, 4.69) is 9.88 Å². The van der Waals surface area contributed by atoms with Crippen LogP contribution in [0.4, 0.5) is 11.4 Å². The van der Waals surface area contributed by atoms with Gasteiger partial charge < -0.3 is 20.1 Å². The number of ether oxygens (including phenoxy) is 2. The molecular weight excluding hydrogens is 242 g/mol. The van der Waals surface area contributed by atoms with Crippen molar-refractivity contribution in [1.82, 2.24) is 4.98 Å². The van der Waals surface area contributed by atoms with Crippen molar-refractivity contribution >= 4 is 11.4 Å². The predicted molar refractivity (Wildman–Crippen MR) is 76.1 cm³/mol. The van der Waals surface area contributed by atoms with Crippen molar-refractivity contribution in [3.05, 3.63) is 18.5 Å². The van der Waals surface area contributed by atoms with E-state index in [1.54, 1.807) is 12.4 Å². The first-order chi connectivity index (χ1) is 9.29. The highest BCUT2D eigenvalue weighted by molar-refractivity contribution is 5.66. The van der Waals surface area contributed by atoms with Gasteiger partial charge in [0.15, 0.2) is 5.79 Å². The van der Waals surface area contributed by atoms with Gasteiger partial charge in [-0.1, -0.05) is 13.8 Å². The number of piperidine rings is 1. The van der Waals surface area contributed by atoms with Crippen LogP contribution >= 0.6 is 0 Å². The molecule has 0 aromatic carbocycles. The third-order valence-electron chi connectivity index (χ3n) is 3.51. The molecule has 3 heterocycles. The molecular formula is C14H23N3O2. The van der Waals surface area contributed by atoms with Crippen LogP contribution in [0.15, 0.2) is 18.5 Å². The van der Waals surface area contributed by atoms with E-state index in [4.69, 9.17) is 15.2 Å². The van der Waals surface area contributed by atoms with E-state index in [0.29, 0.717) is 0 Å². The molecule has 1 spiro atoms. The Kier molecular flexibility index (Phi) is 4.61. The fraction of sp³-hybridized carbons (Fsp3) is 0.643. The molecule has 0 unspecified atom stereocenters. The maximum atomic E-state index is 5.93. The van der Waals surface area contributed by atoms with Crippen LogP contribution in [-0.2, 0) is 9.47 Å². The van der Waals surface area contributed by atoms with Gasteiger partial charge in [-0.15, -0.1) is 0 Å². The molecule has 2 saturated heterocycles. The molecule has 0 radical (unpaired) electrons. The average Bonchev–Trinajstić information content (AvgIpc) is 2.91. The van der Waals surface area contributed by atoms with Crippen LogP contribution in [0.2, 0.25) is 0 Å². The molecule has 2 N–H and O–H groups in total. The second-order valence-corrected chi connectivity index (χ2v) is 4.53. The summed E-state index contributed by atoms with van der Waals surface area (Å²) in [6.45, 7) is 7.26. The quantitative estimate of drug-likeness (QED) is 0.842. The lowest BCUT2D eigenvalue weighted by Crippen LogP contribution is -2.45. The number of anilines is 2. The first-order valence-corrected chi connectivity index (χ1v) is 7.01. The van der Waals surface area contributed by atoms with Gasteiger partial charge in [0.1, 0.15) is 0 Å². The van der Waals surface area contributed by atoms with Crippen LogP contribution in [0.3, 0.4) is 0 Å². The molecule has 0 saturated carbocycles. The van der Waals surface area contributed by atoms with Crippen LogP contribution in [-0.4, -0.2) is 37.1 Å². The van der Waals surface area contributed by atoms with Gasteiger partial charge in [-0.25, -0.2) is 0 Å². The smallest absolute Gasteiger partial charge is 0.171 e. The fourth-order valence-electron chi connectivity index (χ4n) is 2.56. The van der Waals surface area contributed by atoms with E-state index in [1.165, 1.54) is 0 Å². The largest absolute Gasteiger partial charge is 0.396 e. The van der Waals surface area contributed by atoms with Crippen LogP contribution in [0, 0.1) is 0 Å². The standard InChI is InChI=1S/C12H17N3O2.C2H6/c13-10-9-14-4-1-11(10)15-5-2-12(3-6-15)16-7-8-17-12;1-2/h1,4,9H,2-3,5-8,13H2;1-2H3. The Morgan fingerprint density at radius 1 is 1.21 bits per heavy atom. The molecule has 3 rings (SSSR count). The van der Waals surface area contributed by atoms with Crippen molar-refractivity contribution in [1.29, 1.82) is 0 Å². The predicted octanol–water partition coefficient (Wildman–Crippen LogP) is 2.03. The number of nitrogen functional groups attached to an aromatic ring is 1. The lowest BCUT2D eigenvalue weighted by molar-refractivity contribution is -0.169. The topological polar surface area (TPSA) is 60.6 Å². The second-order valence-electron chi connectivity index (χ2n) is 4.53. The van der Waals surface area contributed by atoms with Gasteiger partial charge in [0.2, 0.25) is 0 Å². The van der Waals surface area contributed by atoms with Crippen LogP contribution in [0.1, 0.15) is 26.7 Å². The third kappa shape index (κ3) is 2.98.